The minimum absolute atomic E-state index is 0.507. The first-order chi connectivity index (χ1) is 9.24. The van der Waals surface area contributed by atoms with Crippen LogP contribution in [0.25, 0.3) is 0 Å². The third-order valence-electron chi connectivity index (χ3n) is 2.95. The zero-order valence-corrected chi connectivity index (χ0v) is 12.7. The van der Waals surface area contributed by atoms with Crippen molar-refractivity contribution in [2.45, 2.75) is 18.8 Å². The van der Waals surface area contributed by atoms with Crippen LogP contribution in [0.4, 0.5) is 5.82 Å². The molecule has 0 spiro atoms. The number of nitrogens with zero attached hydrogens (tertiary/aromatic N) is 2. The summed E-state index contributed by atoms with van der Waals surface area (Å²) in [7, 11) is 1.85. The second kappa shape index (κ2) is 5.32. The first-order valence-corrected chi connectivity index (χ1v) is 7.32. The van der Waals surface area contributed by atoms with Gasteiger partial charge in [0.2, 0.25) is 5.88 Å². The van der Waals surface area contributed by atoms with Crippen molar-refractivity contribution >= 4 is 28.4 Å². The van der Waals surface area contributed by atoms with Crippen molar-refractivity contribution in [2.24, 2.45) is 0 Å². The molecule has 1 fully saturated rings. The highest BCUT2D eigenvalue weighted by atomic mass is 127. The maximum Gasteiger partial charge on any atom is 0.224 e. The molecule has 3 rings (SSSR count). The van der Waals surface area contributed by atoms with Crippen molar-refractivity contribution in [1.82, 2.24) is 9.97 Å². The summed E-state index contributed by atoms with van der Waals surface area (Å²) in [5, 5.41) is 3.05. The van der Waals surface area contributed by atoms with Gasteiger partial charge in [0.15, 0.2) is 0 Å². The summed E-state index contributed by atoms with van der Waals surface area (Å²) in [6.45, 7) is 0. The summed E-state index contributed by atoms with van der Waals surface area (Å²) in [4.78, 5) is 8.95. The maximum absolute atomic E-state index is 5.80. The summed E-state index contributed by atoms with van der Waals surface area (Å²) in [5.74, 6) is 3.59. The highest BCUT2D eigenvalue weighted by Gasteiger charge is 2.27. The number of benzene rings is 1. The molecule has 5 heteroatoms. The Hall–Kier alpha value is -1.37. The number of aromatic nitrogens is 2. The molecular weight excluding hydrogens is 353 g/mol. The van der Waals surface area contributed by atoms with Gasteiger partial charge in [-0.3, -0.25) is 0 Å². The molecule has 0 atom stereocenters. The van der Waals surface area contributed by atoms with Crippen LogP contribution in [0.3, 0.4) is 0 Å². The Morgan fingerprint density at radius 2 is 1.95 bits per heavy atom. The third-order valence-corrected chi connectivity index (χ3v) is 3.67. The van der Waals surface area contributed by atoms with Crippen LogP contribution in [0.1, 0.15) is 24.6 Å². The van der Waals surface area contributed by atoms with E-state index in [4.69, 9.17) is 4.74 Å². The minimum atomic E-state index is 0.507. The first-order valence-electron chi connectivity index (χ1n) is 6.25. The molecule has 2 aromatic rings. The van der Waals surface area contributed by atoms with Crippen LogP contribution >= 0.6 is 22.6 Å². The van der Waals surface area contributed by atoms with E-state index in [9.17, 15) is 0 Å². The van der Waals surface area contributed by atoms with Gasteiger partial charge in [-0.1, -0.05) is 0 Å². The molecule has 98 valence electrons. The Labute approximate surface area is 125 Å². The lowest BCUT2D eigenvalue weighted by molar-refractivity contribution is 0.459. The van der Waals surface area contributed by atoms with Crippen molar-refractivity contribution < 1.29 is 4.74 Å². The Bertz CT molecular complexity index is 582. The normalized spacial score (nSPS) is 14.2. The Morgan fingerprint density at radius 1 is 1.21 bits per heavy atom. The van der Waals surface area contributed by atoms with Gasteiger partial charge in [0, 0.05) is 22.6 Å². The molecule has 0 amide bonds. The van der Waals surface area contributed by atoms with E-state index < -0.39 is 0 Å². The molecule has 1 heterocycles. The van der Waals surface area contributed by atoms with E-state index in [2.05, 4.69) is 37.9 Å². The Morgan fingerprint density at radius 3 is 2.58 bits per heavy atom. The number of ether oxygens (including phenoxy) is 1. The fraction of sp³-hybridized carbons (Fsp3) is 0.286. The third kappa shape index (κ3) is 3.15. The molecule has 1 N–H and O–H groups in total. The fourth-order valence-electron chi connectivity index (χ4n) is 1.77. The van der Waals surface area contributed by atoms with Crippen LogP contribution in [0.15, 0.2) is 30.3 Å². The predicted molar refractivity (Wildman–Crippen MR) is 82.8 cm³/mol. The number of rotatable bonds is 4. The standard InChI is InChI=1S/C14H14IN3O/c1-16-12-8-13(18-14(17-12)9-2-3-9)19-11-6-4-10(15)5-7-11/h4-9H,2-3H2,1H3,(H,16,17,18). The summed E-state index contributed by atoms with van der Waals surface area (Å²) < 4.78 is 6.98. The van der Waals surface area contributed by atoms with E-state index in [-0.39, 0.29) is 0 Å². The largest absolute Gasteiger partial charge is 0.439 e. The van der Waals surface area contributed by atoms with Crippen LogP contribution in [0.5, 0.6) is 11.6 Å². The van der Waals surface area contributed by atoms with Gasteiger partial charge < -0.3 is 10.1 Å². The van der Waals surface area contributed by atoms with Gasteiger partial charge >= 0.3 is 0 Å². The van der Waals surface area contributed by atoms with Crippen LogP contribution in [-0.2, 0) is 0 Å². The van der Waals surface area contributed by atoms with Crippen LogP contribution < -0.4 is 10.1 Å². The maximum atomic E-state index is 5.80. The van der Waals surface area contributed by atoms with Crippen molar-refractivity contribution in [2.75, 3.05) is 12.4 Å². The topological polar surface area (TPSA) is 47.0 Å². The molecule has 4 nitrogen and oxygen atoms in total. The smallest absolute Gasteiger partial charge is 0.224 e. The lowest BCUT2D eigenvalue weighted by atomic mass is 10.3. The molecule has 1 saturated carbocycles. The monoisotopic (exact) mass is 367 g/mol. The number of hydrogen-bond acceptors (Lipinski definition) is 4. The predicted octanol–water partition coefficient (Wildman–Crippen LogP) is 3.79. The molecule has 0 saturated heterocycles. The van der Waals surface area contributed by atoms with Gasteiger partial charge in [0.25, 0.3) is 0 Å². The van der Waals surface area contributed by atoms with Crippen LogP contribution in [0, 0.1) is 3.57 Å². The second-order valence-corrected chi connectivity index (χ2v) is 5.78. The van der Waals surface area contributed by atoms with E-state index in [1.54, 1.807) is 0 Å². The number of hydrogen-bond donors (Lipinski definition) is 1. The first kappa shape index (κ1) is 12.7. The van der Waals surface area contributed by atoms with Gasteiger partial charge in [-0.25, -0.2) is 4.98 Å². The van der Waals surface area contributed by atoms with Gasteiger partial charge in [-0.2, -0.15) is 4.98 Å². The lowest BCUT2D eigenvalue weighted by Crippen LogP contribution is -2.00. The summed E-state index contributed by atoms with van der Waals surface area (Å²) in [5.41, 5.74) is 0. The lowest BCUT2D eigenvalue weighted by Gasteiger charge is -2.08. The summed E-state index contributed by atoms with van der Waals surface area (Å²) in [6, 6.07) is 9.74. The van der Waals surface area contributed by atoms with Crippen LogP contribution in [0.2, 0.25) is 0 Å². The molecule has 1 aliphatic rings. The minimum Gasteiger partial charge on any atom is -0.439 e. The SMILES string of the molecule is CNc1cc(Oc2ccc(I)cc2)nc(C2CC2)n1. The molecule has 1 aliphatic carbocycles. The number of nitrogens with one attached hydrogen (secondary N) is 1. The van der Waals surface area contributed by atoms with Crippen molar-refractivity contribution in [3.63, 3.8) is 0 Å². The highest BCUT2D eigenvalue weighted by molar-refractivity contribution is 14.1. The Balaban J connectivity index is 1.86. The van der Waals surface area contributed by atoms with Crippen molar-refractivity contribution in [1.29, 1.82) is 0 Å². The van der Waals surface area contributed by atoms with Gasteiger partial charge in [0.1, 0.15) is 17.4 Å². The van der Waals surface area contributed by atoms with E-state index in [1.165, 1.54) is 16.4 Å². The van der Waals surface area contributed by atoms with E-state index in [0.29, 0.717) is 11.8 Å². The fourth-order valence-corrected chi connectivity index (χ4v) is 2.13. The van der Waals surface area contributed by atoms with Gasteiger partial charge in [-0.05, 0) is 59.7 Å². The van der Waals surface area contributed by atoms with E-state index >= 15 is 0 Å². The molecule has 0 bridgehead atoms. The molecular formula is C14H14IN3O. The average Bonchev–Trinajstić information content (AvgIpc) is 3.25. The van der Waals surface area contributed by atoms with E-state index in [0.717, 1.165) is 17.4 Å². The van der Waals surface area contributed by atoms with Gasteiger partial charge in [-0.15, -0.1) is 0 Å². The second-order valence-electron chi connectivity index (χ2n) is 4.53. The highest BCUT2D eigenvalue weighted by Crippen LogP contribution is 2.39. The number of anilines is 1. The quantitative estimate of drug-likeness (QED) is 0.836. The molecule has 1 aromatic carbocycles. The summed E-state index contributed by atoms with van der Waals surface area (Å²) >= 11 is 2.27. The zero-order valence-electron chi connectivity index (χ0n) is 10.6. The van der Waals surface area contributed by atoms with Crippen molar-refractivity contribution in [3.05, 3.63) is 39.7 Å². The summed E-state index contributed by atoms with van der Waals surface area (Å²) in [6.07, 6.45) is 2.35. The Kier molecular flexibility index (Phi) is 3.54. The molecule has 1 aromatic heterocycles. The zero-order chi connectivity index (χ0) is 13.2. The van der Waals surface area contributed by atoms with Gasteiger partial charge in [0.05, 0.1) is 0 Å². The molecule has 0 unspecified atom stereocenters. The average molecular weight is 367 g/mol. The van der Waals surface area contributed by atoms with E-state index in [1.807, 2.05) is 37.4 Å². The van der Waals surface area contributed by atoms with Crippen molar-refractivity contribution in [3.8, 4) is 11.6 Å². The molecule has 0 radical (unpaired) electrons. The molecule has 19 heavy (non-hydrogen) atoms. The van der Waals surface area contributed by atoms with Crippen LogP contribution in [-0.4, -0.2) is 17.0 Å². The molecule has 0 aliphatic heterocycles. The number of halogens is 1.